The van der Waals surface area contributed by atoms with E-state index < -0.39 is 11.7 Å². The van der Waals surface area contributed by atoms with Gasteiger partial charge in [-0.3, -0.25) is 0 Å². The van der Waals surface area contributed by atoms with Gasteiger partial charge in [0.15, 0.2) is 5.60 Å². The summed E-state index contributed by atoms with van der Waals surface area (Å²) in [5.74, 6) is 2.13. The highest BCUT2D eigenvalue weighted by atomic mass is 16.5. The SMILES string of the molecule is Cc1noc(C)c1-c1cc(C(O)(c2cccnn2)C2CCC(C)(C)O2)c2nc(C3CC3)[nH]c2c1. The number of fused-ring (bicyclic) bond motifs is 1. The van der Waals surface area contributed by atoms with Crippen molar-refractivity contribution in [3.8, 4) is 11.1 Å². The minimum Gasteiger partial charge on any atom is -0.376 e. The molecule has 4 aromatic rings. The van der Waals surface area contributed by atoms with Gasteiger partial charge in [0, 0.05) is 23.2 Å². The van der Waals surface area contributed by atoms with Gasteiger partial charge in [-0.05, 0) is 83.2 Å². The maximum absolute atomic E-state index is 12.6. The monoisotopic (exact) mass is 459 g/mol. The van der Waals surface area contributed by atoms with Crippen molar-refractivity contribution >= 4 is 11.0 Å². The molecule has 1 aliphatic heterocycles. The number of ether oxygens (including phenoxy) is 1. The van der Waals surface area contributed by atoms with Gasteiger partial charge in [-0.15, -0.1) is 0 Å². The molecule has 176 valence electrons. The molecule has 8 nitrogen and oxygen atoms in total. The van der Waals surface area contributed by atoms with E-state index >= 15 is 0 Å². The van der Waals surface area contributed by atoms with Crippen LogP contribution < -0.4 is 0 Å². The molecule has 1 aromatic carbocycles. The number of rotatable bonds is 5. The van der Waals surface area contributed by atoms with Crippen molar-refractivity contribution in [3.05, 3.63) is 59.0 Å². The average Bonchev–Trinajstić information content (AvgIpc) is 3.35. The molecule has 2 atom stereocenters. The van der Waals surface area contributed by atoms with Crippen molar-refractivity contribution in [1.82, 2.24) is 25.3 Å². The van der Waals surface area contributed by atoms with Gasteiger partial charge in [-0.25, -0.2) is 4.98 Å². The lowest BCUT2D eigenvalue weighted by Crippen LogP contribution is -2.43. The topological polar surface area (TPSA) is 110 Å². The Bertz CT molecular complexity index is 1350. The molecule has 3 aromatic heterocycles. The van der Waals surface area contributed by atoms with Crippen LogP contribution >= 0.6 is 0 Å². The van der Waals surface area contributed by atoms with E-state index in [-0.39, 0.29) is 5.60 Å². The van der Waals surface area contributed by atoms with Crippen LogP contribution in [0.15, 0.2) is 35.0 Å². The predicted octanol–water partition coefficient (Wildman–Crippen LogP) is 4.70. The first-order valence-electron chi connectivity index (χ1n) is 11.9. The normalized spacial score (nSPS) is 21.7. The largest absolute Gasteiger partial charge is 0.376 e. The van der Waals surface area contributed by atoms with E-state index in [0.717, 1.165) is 58.7 Å². The number of benzene rings is 1. The molecule has 1 saturated heterocycles. The number of aromatic nitrogens is 5. The number of aryl methyl sites for hydroxylation is 2. The second-order valence-electron chi connectivity index (χ2n) is 10.3. The molecule has 0 bridgehead atoms. The van der Waals surface area contributed by atoms with Crippen LogP contribution in [0.1, 0.15) is 74.0 Å². The number of aromatic amines is 1. The van der Waals surface area contributed by atoms with Crippen LogP contribution in [0, 0.1) is 13.8 Å². The molecular formula is C26H29N5O3. The van der Waals surface area contributed by atoms with Gasteiger partial charge in [0.25, 0.3) is 0 Å². The molecule has 8 heteroatoms. The Morgan fingerprint density at radius 2 is 2.00 bits per heavy atom. The summed E-state index contributed by atoms with van der Waals surface area (Å²) in [6.45, 7) is 7.94. The number of hydrogen-bond acceptors (Lipinski definition) is 7. The zero-order chi connectivity index (χ0) is 23.7. The van der Waals surface area contributed by atoms with Crippen molar-refractivity contribution in [2.45, 2.75) is 76.6 Å². The summed E-state index contributed by atoms with van der Waals surface area (Å²) in [6.07, 6.45) is 4.89. The first-order valence-corrected chi connectivity index (χ1v) is 11.9. The molecule has 0 amide bonds. The molecule has 0 radical (unpaired) electrons. The van der Waals surface area contributed by atoms with Crippen molar-refractivity contribution in [3.63, 3.8) is 0 Å². The van der Waals surface area contributed by atoms with Gasteiger partial charge in [0.2, 0.25) is 0 Å². The fraction of sp³-hybridized carbons (Fsp3) is 0.462. The van der Waals surface area contributed by atoms with Crippen molar-refractivity contribution in [2.75, 3.05) is 0 Å². The predicted molar refractivity (Wildman–Crippen MR) is 126 cm³/mol. The Balaban J connectivity index is 1.64. The maximum atomic E-state index is 12.6. The van der Waals surface area contributed by atoms with E-state index in [4.69, 9.17) is 14.2 Å². The van der Waals surface area contributed by atoms with Gasteiger partial charge in [-0.1, -0.05) is 5.16 Å². The molecule has 2 fully saturated rings. The molecule has 1 aliphatic carbocycles. The summed E-state index contributed by atoms with van der Waals surface area (Å²) < 4.78 is 11.9. The molecule has 4 heterocycles. The summed E-state index contributed by atoms with van der Waals surface area (Å²) in [4.78, 5) is 8.50. The van der Waals surface area contributed by atoms with E-state index in [2.05, 4.69) is 40.3 Å². The van der Waals surface area contributed by atoms with E-state index in [1.807, 2.05) is 26.0 Å². The van der Waals surface area contributed by atoms with Crippen molar-refractivity contribution in [1.29, 1.82) is 0 Å². The first-order chi connectivity index (χ1) is 16.3. The zero-order valence-electron chi connectivity index (χ0n) is 19.9. The van der Waals surface area contributed by atoms with Crippen LogP contribution in [0.4, 0.5) is 0 Å². The van der Waals surface area contributed by atoms with Gasteiger partial charge in [0.05, 0.1) is 28.4 Å². The summed E-state index contributed by atoms with van der Waals surface area (Å²) in [5.41, 5.74) is 3.45. The summed E-state index contributed by atoms with van der Waals surface area (Å²) >= 11 is 0. The molecule has 2 aliphatic rings. The second kappa shape index (κ2) is 7.45. The van der Waals surface area contributed by atoms with Crippen LogP contribution in [0.2, 0.25) is 0 Å². The third kappa shape index (κ3) is 3.35. The lowest BCUT2D eigenvalue weighted by atomic mass is 9.81. The Hall–Kier alpha value is -3.10. The number of imidazole rings is 1. The lowest BCUT2D eigenvalue weighted by molar-refractivity contribution is -0.112. The van der Waals surface area contributed by atoms with E-state index in [1.54, 1.807) is 12.3 Å². The molecule has 2 N–H and O–H groups in total. The molecule has 1 saturated carbocycles. The number of nitrogens with zero attached hydrogens (tertiary/aromatic N) is 4. The molecule has 6 rings (SSSR count). The number of hydrogen-bond donors (Lipinski definition) is 2. The van der Waals surface area contributed by atoms with Crippen molar-refractivity contribution in [2.24, 2.45) is 0 Å². The number of aliphatic hydroxyl groups is 1. The Labute approximate surface area is 197 Å². The quantitative estimate of drug-likeness (QED) is 0.445. The van der Waals surface area contributed by atoms with E-state index in [9.17, 15) is 5.11 Å². The molecular weight excluding hydrogens is 430 g/mol. The third-order valence-corrected chi connectivity index (χ3v) is 7.20. The molecule has 2 unspecified atom stereocenters. The smallest absolute Gasteiger partial charge is 0.161 e. The molecule has 34 heavy (non-hydrogen) atoms. The molecule has 0 spiro atoms. The van der Waals surface area contributed by atoms with Crippen LogP contribution in [0.25, 0.3) is 22.2 Å². The highest BCUT2D eigenvalue weighted by Crippen LogP contribution is 2.47. The van der Waals surface area contributed by atoms with Crippen LogP contribution in [-0.4, -0.2) is 42.1 Å². The lowest BCUT2D eigenvalue weighted by Gasteiger charge is -2.35. The van der Waals surface area contributed by atoms with Gasteiger partial charge >= 0.3 is 0 Å². The highest BCUT2D eigenvalue weighted by Gasteiger charge is 2.50. The standard InChI is InChI=1S/C26H29N5O3/c1-14-22(15(2)34-31-14)17-12-18(23-19(13-17)28-24(29-23)16-7-8-16)26(32,20-6-5-11-27-30-20)21-9-10-25(3,4)33-21/h5-6,11-13,16,21,32H,7-10H2,1-4H3,(H,28,29). The maximum Gasteiger partial charge on any atom is 0.161 e. The van der Waals surface area contributed by atoms with Gasteiger partial charge in [0.1, 0.15) is 17.3 Å². The fourth-order valence-corrected chi connectivity index (χ4v) is 5.27. The number of nitrogens with one attached hydrogen (secondary N) is 1. The second-order valence-corrected chi connectivity index (χ2v) is 10.3. The highest BCUT2D eigenvalue weighted by molar-refractivity contribution is 5.87. The Morgan fingerprint density at radius 3 is 2.62 bits per heavy atom. The minimum absolute atomic E-state index is 0.343. The summed E-state index contributed by atoms with van der Waals surface area (Å²) in [6, 6.07) is 7.67. The van der Waals surface area contributed by atoms with E-state index in [1.165, 1.54) is 0 Å². The minimum atomic E-state index is -1.54. The Morgan fingerprint density at radius 1 is 1.18 bits per heavy atom. The fourth-order valence-electron chi connectivity index (χ4n) is 5.27. The average molecular weight is 460 g/mol. The summed E-state index contributed by atoms with van der Waals surface area (Å²) in [5, 5.41) is 25.2. The van der Waals surface area contributed by atoms with Crippen LogP contribution in [-0.2, 0) is 10.3 Å². The zero-order valence-corrected chi connectivity index (χ0v) is 19.9. The summed E-state index contributed by atoms with van der Waals surface area (Å²) in [7, 11) is 0. The first kappa shape index (κ1) is 21.4. The van der Waals surface area contributed by atoms with E-state index in [0.29, 0.717) is 23.6 Å². The van der Waals surface area contributed by atoms with Crippen LogP contribution in [0.3, 0.4) is 0 Å². The Kier molecular flexibility index (Phi) is 4.70. The van der Waals surface area contributed by atoms with Gasteiger partial charge in [-0.2, -0.15) is 10.2 Å². The van der Waals surface area contributed by atoms with Crippen LogP contribution in [0.5, 0.6) is 0 Å². The van der Waals surface area contributed by atoms with Gasteiger partial charge < -0.3 is 19.4 Å². The number of H-pyrrole nitrogens is 1. The third-order valence-electron chi connectivity index (χ3n) is 7.20. The van der Waals surface area contributed by atoms with Crippen molar-refractivity contribution < 1.29 is 14.4 Å².